The monoisotopic (exact) mass is 517 g/mol. The minimum atomic E-state index is -3.89. The molecule has 0 saturated carbocycles. The van der Waals surface area contributed by atoms with Gasteiger partial charge in [-0.05, 0) is 53.8 Å². The lowest BCUT2D eigenvalue weighted by Gasteiger charge is -2.18. The van der Waals surface area contributed by atoms with Crippen molar-refractivity contribution in [1.82, 2.24) is 15.0 Å². The highest BCUT2D eigenvalue weighted by molar-refractivity contribution is 9.10. The Labute approximate surface area is 192 Å². The first-order valence-electron chi connectivity index (χ1n) is 9.55. The fourth-order valence-corrected chi connectivity index (χ4v) is 5.39. The molecule has 1 atom stereocenters. The summed E-state index contributed by atoms with van der Waals surface area (Å²) in [6.07, 6.45) is 2.04. The van der Waals surface area contributed by atoms with E-state index in [9.17, 15) is 13.2 Å². The Hall–Kier alpha value is -2.46. The number of fused-ring (bicyclic) bond motifs is 1. The minimum absolute atomic E-state index is 0.102. The zero-order chi connectivity index (χ0) is 21.8. The Morgan fingerprint density at radius 3 is 2.58 bits per heavy atom. The molecular weight excluding hydrogens is 498 g/mol. The summed E-state index contributed by atoms with van der Waals surface area (Å²) in [5, 5.41) is 5.75. The average molecular weight is 518 g/mol. The summed E-state index contributed by atoms with van der Waals surface area (Å²) in [5.41, 5.74) is 1.80. The Kier molecular flexibility index (Phi) is 6.57. The van der Waals surface area contributed by atoms with Gasteiger partial charge in [0.15, 0.2) is 0 Å². The van der Waals surface area contributed by atoms with Crippen LogP contribution in [0.3, 0.4) is 0 Å². The number of halogens is 1. The molecule has 4 rings (SSSR count). The van der Waals surface area contributed by atoms with E-state index in [-0.39, 0.29) is 17.2 Å². The zero-order valence-corrected chi connectivity index (χ0v) is 19.6. The molecule has 0 aliphatic rings. The number of benzene rings is 2. The van der Waals surface area contributed by atoms with Gasteiger partial charge in [-0.3, -0.25) is 4.79 Å². The molecule has 0 saturated heterocycles. The molecule has 0 aliphatic heterocycles. The quantitative estimate of drug-likeness (QED) is 0.327. The molecule has 1 unspecified atom stereocenters. The van der Waals surface area contributed by atoms with Crippen molar-refractivity contribution in [1.29, 1.82) is 0 Å². The van der Waals surface area contributed by atoms with Crippen LogP contribution in [0.4, 0.5) is 0 Å². The van der Waals surface area contributed by atoms with Gasteiger partial charge in [0.05, 0.1) is 11.4 Å². The number of nitrogens with one attached hydrogen (secondary N) is 3. The number of hydrogen-bond acceptors (Lipinski definition) is 4. The molecule has 3 N–H and O–H groups in total. The van der Waals surface area contributed by atoms with Crippen LogP contribution in [-0.4, -0.2) is 25.4 Å². The summed E-state index contributed by atoms with van der Waals surface area (Å²) in [6.45, 7) is 0.348. The van der Waals surface area contributed by atoms with E-state index in [1.165, 1.54) is 23.5 Å². The van der Waals surface area contributed by atoms with Gasteiger partial charge in [-0.2, -0.15) is 4.72 Å². The lowest BCUT2D eigenvalue weighted by molar-refractivity contribution is -0.122. The molecule has 9 heteroatoms. The van der Waals surface area contributed by atoms with Crippen molar-refractivity contribution in [3.8, 4) is 0 Å². The summed E-state index contributed by atoms with van der Waals surface area (Å²) in [7, 11) is -3.89. The third-order valence-corrected chi connectivity index (χ3v) is 7.75. The van der Waals surface area contributed by atoms with E-state index in [1.807, 2.05) is 48.0 Å². The smallest absolute Gasteiger partial charge is 0.241 e. The number of carbonyl (C=O) groups excluding carboxylic acids is 1. The highest BCUT2D eigenvalue weighted by Gasteiger charge is 2.27. The third-order valence-electron chi connectivity index (χ3n) is 4.85. The van der Waals surface area contributed by atoms with Crippen LogP contribution < -0.4 is 10.0 Å². The maximum Gasteiger partial charge on any atom is 0.241 e. The summed E-state index contributed by atoms with van der Waals surface area (Å²) in [6, 6.07) is 16.9. The van der Waals surface area contributed by atoms with E-state index in [0.29, 0.717) is 6.54 Å². The number of H-pyrrole nitrogens is 1. The number of carbonyl (C=O) groups is 1. The van der Waals surface area contributed by atoms with Gasteiger partial charge in [0.2, 0.25) is 15.9 Å². The van der Waals surface area contributed by atoms with Crippen LogP contribution in [-0.2, 0) is 27.8 Å². The summed E-state index contributed by atoms with van der Waals surface area (Å²) in [5.74, 6) is -0.376. The topological polar surface area (TPSA) is 91.1 Å². The van der Waals surface area contributed by atoms with Gasteiger partial charge >= 0.3 is 0 Å². The number of amides is 1. The molecule has 4 aromatic rings. The Morgan fingerprint density at radius 2 is 1.84 bits per heavy atom. The lowest BCUT2D eigenvalue weighted by atomic mass is 10.1. The predicted octanol–water partition coefficient (Wildman–Crippen LogP) is 4.20. The molecule has 160 valence electrons. The highest BCUT2D eigenvalue weighted by Crippen LogP contribution is 2.21. The molecule has 2 aromatic heterocycles. The Morgan fingerprint density at radius 1 is 1.06 bits per heavy atom. The normalized spacial score (nSPS) is 12.7. The summed E-state index contributed by atoms with van der Waals surface area (Å²) < 4.78 is 29.3. The number of aromatic amines is 1. The van der Waals surface area contributed by atoms with E-state index < -0.39 is 16.1 Å². The Bertz CT molecular complexity index is 1280. The van der Waals surface area contributed by atoms with Crippen molar-refractivity contribution in [3.05, 3.63) is 87.2 Å². The highest BCUT2D eigenvalue weighted by atomic mass is 79.9. The van der Waals surface area contributed by atoms with Crippen molar-refractivity contribution in [2.45, 2.75) is 23.9 Å². The predicted molar refractivity (Wildman–Crippen MR) is 126 cm³/mol. The largest absolute Gasteiger partial charge is 0.361 e. The van der Waals surface area contributed by atoms with Crippen LogP contribution >= 0.6 is 27.3 Å². The summed E-state index contributed by atoms with van der Waals surface area (Å²) >= 11 is 4.84. The van der Waals surface area contributed by atoms with E-state index in [1.54, 1.807) is 12.1 Å². The Balaban J connectivity index is 1.59. The minimum Gasteiger partial charge on any atom is -0.361 e. The van der Waals surface area contributed by atoms with Gasteiger partial charge in [0.1, 0.15) is 6.04 Å². The van der Waals surface area contributed by atoms with Crippen molar-refractivity contribution in [2.75, 3.05) is 0 Å². The van der Waals surface area contributed by atoms with Crippen molar-refractivity contribution in [3.63, 3.8) is 0 Å². The maximum atomic E-state index is 13.0. The molecule has 2 aromatic carbocycles. The molecule has 0 aliphatic carbocycles. The van der Waals surface area contributed by atoms with Crippen molar-refractivity contribution < 1.29 is 13.2 Å². The number of rotatable bonds is 8. The second-order valence-electron chi connectivity index (χ2n) is 6.99. The van der Waals surface area contributed by atoms with Crippen LogP contribution in [0.25, 0.3) is 10.9 Å². The van der Waals surface area contributed by atoms with E-state index in [4.69, 9.17) is 0 Å². The average Bonchev–Trinajstić information content (AvgIpc) is 3.42. The number of thiophene rings is 1. The molecule has 31 heavy (non-hydrogen) atoms. The maximum absolute atomic E-state index is 13.0. The number of hydrogen-bond donors (Lipinski definition) is 3. The molecule has 0 spiro atoms. The fourth-order valence-electron chi connectivity index (χ4n) is 3.29. The van der Waals surface area contributed by atoms with Gasteiger partial charge in [-0.25, -0.2) is 8.42 Å². The van der Waals surface area contributed by atoms with Crippen LogP contribution in [0.1, 0.15) is 10.4 Å². The number of aromatic nitrogens is 1. The molecule has 0 fully saturated rings. The number of para-hydroxylation sites is 1. The zero-order valence-electron chi connectivity index (χ0n) is 16.3. The first kappa shape index (κ1) is 21.8. The van der Waals surface area contributed by atoms with Gasteiger partial charge in [0.25, 0.3) is 0 Å². The lowest BCUT2D eigenvalue weighted by Crippen LogP contribution is -2.47. The van der Waals surface area contributed by atoms with Gasteiger partial charge in [0, 0.05) is 26.4 Å². The summed E-state index contributed by atoms with van der Waals surface area (Å²) in [4.78, 5) is 17.3. The van der Waals surface area contributed by atoms with Crippen LogP contribution in [0, 0.1) is 0 Å². The second kappa shape index (κ2) is 9.35. The third kappa shape index (κ3) is 5.24. The first-order chi connectivity index (χ1) is 14.9. The number of sulfonamides is 1. The molecular formula is C22H20BrN3O3S2. The van der Waals surface area contributed by atoms with E-state index in [2.05, 4.69) is 31.0 Å². The van der Waals surface area contributed by atoms with Crippen molar-refractivity contribution in [2.24, 2.45) is 0 Å². The van der Waals surface area contributed by atoms with Crippen molar-refractivity contribution >= 4 is 54.1 Å². The fraction of sp³-hybridized carbons (Fsp3) is 0.136. The van der Waals surface area contributed by atoms with Gasteiger partial charge < -0.3 is 10.3 Å². The van der Waals surface area contributed by atoms with Gasteiger partial charge in [-0.15, -0.1) is 11.3 Å². The molecule has 0 bridgehead atoms. The molecule has 2 heterocycles. The van der Waals surface area contributed by atoms with E-state index in [0.717, 1.165) is 25.8 Å². The molecule has 0 radical (unpaired) electrons. The standard InChI is InChI=1S/C22H20BrN3O3S2/c23-16-7-9-18(10-8-16)31(28,29)26-21(22(27)25-14-17-4-3-11-30-17)12-15-13-24-20-6-2-1-5-19(15)20/h1-11,13,21,24,26H,12,14H2,(H,25,27). The first-order valence-corrected chi connectivity index (χ1v) is 12.7. The molecule has 6 nitrogen and oxygen atoms in total. The SMILES string of the molecule is O=C(NCc1cccs1)C(Cc1c[nH]c2ccccc12)NS(=O)(=O)c1ccc(Br)cc1. The van der Waals surface area contributed by atoms with E-state index >= 15 is 0 Å². The van der Waals surface area contributed by atoms with Crippen LogP contribution in [0.5, 0.6) is 0 Å². The molecule has 1 amide bonds. The van der Waals surface area contributed by atoms with Crippen LogP contribution in [0.2, 0.25) is 0 Å². The second-order valence-corrected chi connectivity index (χ2v) is 10.7. The van der Waals surface area contributed by atoms with Gasteiger partial charge in [-0.1, -0.05) is 40.2 Å². The van der Waals surface area contributed by atoms with Crippen LogP contribution in [0.15, 0.2) is 81.6 Å².